The van der Waals surface area contributed by atoms with Gasteiger partial charge in [0.2, 0.25) is 17.6 Å². The molecule has 0 unspecified atom stereocenters. The van der Waals surface area contributed by atoms with Crippen LogP contribution in [0.5, 0.6) is 5.75 Å². The van der Waals surface area contributed by atoms with Crippen LogP contribution in [0, 0.1) is 6.92 Å². The molecule has 0 saturated heterocycles. The molecule has 2 heterocycles. The van der Waals surface area contributed by atoms with Gasteiger partial charge in [-0.2, -0.15) is 4.98 Å². The van der Waals surface area contributed by atoms with Crippen LogP contribution in [-0.2, 0) is 17.9 Å². The van der Waals surface area contributed by atoms with Gasteiger partial charge in [-0.05, 0) is 34.7 Å². The first-order valence-electron chi connectivity index (χ1n) is 6.72. The van der Waals surface area contributed by atoms with Crippen molar-refractivity contribution in [2.24, 2.45) is 0 Å². The Bertz CT molecular complexity index is 767. The molecular formula is C13H13N7O3. The Morgan fingerprint density at radius 2 is 2.17 bits per heavy atom. The molecule has 0 aliphatic carbocycles. The number of rotatable bonds is 6. The third-order valence-electron chi connectivity index (χ3n) is 2.77. The lowest BCUT2D eigenvalue weighted by atomic mass is 10.3. The van der Waals surface area contributed by atoms with E-state index >= 15 is 0 Å². The second kappa shape index (κ2) is 6.64. The quantitative estimate of drug-likeness (QED) is 0.701. The zero-order chi connectivity index (χ0) is 16.1. The summed E-state index contributed by atoms with van der Waals surface area (Å²) in [5.41, 5.74) is 0.644. The van der Waals surface area contributed by atoms with Crippen molar-refractivity contribution < 1.29 is 14.1 Å². The van der Waals surface area contributed by atoms with Crippen LogP contribution in [0.1, 0.15) is 11.7 Å². The number of nitrogens with zero attached hydrogens (tertiary/aromatic N) is 6. The minimum absolute atomic E-state index is 0.0441. The molecule has 3 rings (SSSR count). The number of hydrogen-bond donors (Lipinski definition) is 1. The first-order valence-corrected chi connectivity index (χ1v) is 6.72. The Balaban J connectivity index is 1.51. The van der Waals surface area contributed by atoms with E-state index in [9.17, 15) is 4.79 Å². The molecule has 118 valence electrons. The number of benzene rings is 1. The molecule has 0 aliphatic rings. The summed E-state index contributed by atoms with van der Waals surface area (Å²) in [5.74, 6) is 1.37. The average molecular weight is 315 g/mol. The van der Waals surface area contributed by atoms with E-state index in [-0.39, 0.29) is 19.1 Å². The molecule has 2 aromatic heterocycles. The standard InChI is InChI=1S/C13H13N7O3/c1-9-15-12(17-23-9)7-22-11-4-2-10(3-5-11)16-13(21)6-20-8-14-18-19-20/h2-5,8H,6-7H2,1H3,(H,16,21). The van der Waals surface area contributed by atoms with Crippen LogP contribution in [0.2, 0.25) is 0 Å². The summed E-state index contributed by atoms with van der Waals surface area (Å²) in [6, 6.07) is 6.93. The van der Waals surface area contributed by atoms with Crippen molar-refractivity contribution in [3.63, 3.8) is 0 Å². The maximum Gasteiger partial charge on any atom is 0.246 e. The molecule has 0 radical (unpaired) electrons. The van der Waals surface area contributed by atoms with E-state index in [1.54, 1.807) is 31.2 Å². The number of ether oxygens (including phenoxy) is 1. The summed E-state index contributed by atoms with van der Waals surface area (Å²) in [6.45, 7) is 1.97. The van der Waals surface area contributed by atoms with Gasteiger partial charge < -0.3 is 14.6 Å². The van der Waals surface area contributed by atoms with E-state index in [2.05, 4.69) is 31.0 Å². The van der Waals surface area contributed by atoms with Gasteiger partial charge in [-0.3, -0.25) is 4.79 Å². The lowest BCUT2D eigenvalue weighted by Crippen LogP contribution is -2.19. The molecule has 1 aromatic carbocycles. The van der Waals surface area contributed by atoms with Gasteiger partial charge in [-0.25, -0.2) is 4.68 Å². The van der Waals surface area contributed by atoms with Crippen molar-refractivity contribution in [3.05, 3.63) is 42.3 Å². The molecule has 1 N–H and O–H groups in total. The smallest absolute Gasteiger partial charge is 0.246 e. The predicted octanol–water partition coefficient (Wildman–Crippen LogP) is 0.582. The number of aryl methyl sites for hydroxylation is 1. The van der Waals surface area contributed by atoms with Gasteiger partial charge in [0.05, 0.1) is 0 Å². The summed E-state index contributed by atoms with van der Waals surface area (Å²) >= 11 is 0. The second-order valence-corrected chi connectivity index (χ2v) is 4.60. The van der Waals surface area contributed by atoms with Gasteiger partial charge in [0.1, 0.15) is 18.6 Å². The van der Waals surface area contributed by atoms with Crippen LogP contribution in [-0.4, -0.2) is 36.3 Å². The number of hydrogen-bond acceptors (Lipinski definition) is 8. The largest absolute Gasteiger partial charge is 0.485 e. The Kier molecular flexibility index (Phi) is 4.22. The van der Waals surface area contributed by atoms with Crippen LogP contribution in [0.25, 0.3) is 0 Å². The highest BCUT2D eigenvalue weighted by Crippen LogP contribution is 2.16. The number of nitrogens with one attached hydrogen (secondary N) is 1. The van der Waals surface area contributed by atoms with Gasteiger partial charge in [-0.15, -0.1) is 5.10 Å². The highest BCUT2D eigenvalue weighted by atomic mass is 16.5. The fourth-order valence-electron chi connectivity index (χ4n) is 1.78. The monoisotopic (exact) mass is 315 g/mol. The fourth-order valence-corrected chi connectivity index (χ4v) is 1.78. The zero-order valence-electron chi connectivity index (χ0n) is 12.2. The molecule has 0 spiro atoms. The van der Waals surface area contributed by atoms with Gasteiger partial charge in [-0.1, -0.05) is 5.16 Å². The summed E-state index contributed by atoms with van der Waals surface area (Å²) in [7, 11) is 0. The van der Waals surface area contributed by atoms with Crippen molar-refractivity contribution in [3.8, 4) is 5.75 Å². The SMILES string of the molecule is Cc1nc(COc2ccc(NC(=O)Cn3cnnn3)cc2)no1. The lowest BCUT2D eigenvalue weighted by molar-refractivity contribution is -0.116. The average Bonchev–Trinajstić information content (AvgIpc) is 3.18. The summed E-state index contributed by atoms with van der Waals surface area (Å²) in [4.78, 5) is 15.8. The van der Waals surface area contributed by atoms with Gasteiger partial charge >= 0.3 is 0 Å². The molecule has 10 heteroatoms. The molecule has 0 saturated carbocycles. The third-order valence-corrected chi connectivity index (χ3v) is 2.77. The van der Waals surface area contributed by atoms with Crippen LogP contribution >= 0.6 is 0 Å². The molecule has 0 bridgehead atoms. The Labute approximate surface area is 130 Å². The van der Waals surface area contributed by atoms with Crippen LogP contribution in [0.3, 0.4) is 0 Å². The summed E-state index contributed by atoms with van der Waals surface area (Å²) < 4.78 is 11.7. The maximum absolute atomic E-state index is 11.8. The van der Waals surface area contributed by atoms with Gasteiger partial charge in [0, 0.05) is 12.6 Å². The van der Waals surface area contributed by atoms with Gasteiger partial charge in [0.25, 0.3) is 0 Å². The number of anilines is 1. The minimum Gasteiger partial charge on any atom is -0.485 e. The zero-order valence-corrected chi connectivity index (χ0v) is 12.2. The van der Waals surface area contributed by atoms with Crippen molar-refractivity contribution in [2.75, 3.05) is 5.32 Å². The number of amides is 1. The maximum atomic E-state index is 11.8. The summed E-state index contributed by atoms with van der Waals surface area (Å²) in [6.07, 6.45) is 1.37. The first-order chi connectivity index (χ1) is 11.2. The fraction of sp³-hybridized carbons (Fsp3) is 0.231. The molecule has 0 fully saturated rings. The first kappa shape index (κ1) is 14.6. The van der Waals surface area contributed by atoms with Gasteiger partial charge in [0.15, 0.2) is 6.61 Å². The molecule has 10 nitrogen and oxygen atoms in total. The Hall–Kier alpha value is -3.30. The Morgan fingerprint density at radius 3 is 2.83 bits per heavy atom. The topological polar surface area (TPSA) is 121 Å². The molecule has 0 atom stereocenters. The minimum atomic E-state index is -0.228. The molecule has 3 aromatic rings. The molecule has 1 amide bonds. The van der Waals surface area contributed by atoms with Crippen LogP contribution in [0.4, 0.5) is 5.69 Å². The van der Waals surface area contributed by atoms with Crippen LogP contribution in [0.15, 0.2) is 35.1 Å². The molecule has 23 heavy (non-hydrogen) atoms. The van der Waals surface area contributed by atoms with E-state index in [0.29, 0.717) is 23.2 Å². The van der Waals surface area contributed by atoms with E-state index in [1.807, 2.05) is 0 Å². The second-order valence-electron chi connectivity index (χ2n) is 4.60. The van der Waals surface area contributed by atoms with Crippen LogP contribution < -0.4 is 10.1 Å². The number of carbonyl (C=O) groups is 1. The summed E-state index contributed by atoms with van der Waals surface area (Å²) in [5, 5.41) is 17.0. The van der Waals surface area contributed by atoms with E-state index in [1.165, 1.54) is 11.0 Å². The number of tetrazole rings is 1. The van der Waals surface area contributed by atoms with E-state index in [0.717, 1.165) is 0 Å². The number of aromatic nitrogens is 6. The highest BCUT2D eigenvalue weighted by Gasteiger charge is 2.06. The van der Waals surface area contributed by atoms with Crippen molar-refractivity contribution >= 4 is 11.6 Å². The molecule has 0 aliphatic heterocycles. The normalized spacial score (nSPS) is 10.5. The molecular weight excluding hydrogens is 302 g/mol. The van der Waals surface area contributed by atoms with E-state index in [4.69, 9.17) is 9.26 Å². The van der Waals surface area contributed by atoms with Crippen molar-refractivity contribution in [1.29, 1.82) is 0 Å². The highest BCUT2D eigenvalue weighted by molar-refractivity contribution is 5.90. The van der Waals surface area contributed by atoms with Crippen molar-refractivity contribution in [1.82, 2.24) is 30.3 Å². The lowest BCUT2D eigenvalue weighted by Gasteiger charge is -2.07. The predicted molar refractivity (Wildman–Crippen MR) is 76.3 cm³/mol. The Morgan fingerprint density at radius 1 is 1.35 bits per heavy atom. The third kappa shape index (κ3) is 4.09. The number of carbonyl (C=O) groups excluding carboxylic acids is 1. The van der Waals surface area contributed by atoms with E-state index < -0.39 is 0 Å². The van der Waals surface area contributed by atoms with Crippen molar-refractivity contribution in [2.45, 2.75) is 20.1 Å².